The minimum Gasteiger partial charge on any atom is -0.497 e. The largest absolute Gasteiger partial charge is 0.497 e. The summed E-state index contributed by atoms with van der Waals surface area (Å²) in [7, 11) is 1.64. The fourth-order valence-corrected chi connectivity index (χ4v) is 3.24. The molecule has 1 heterocycles. The first-order valence-electron chi connectivity index (χ1n) is 8.79. The SMILES string of the molecule is COc1cccc(-c2cc(-c3ccccc3)[nH]c(=O)c2-c2ccccc2)c1. The van der Waals surface area contributed by atoms with Crippen molar-refractivity contribution in [3.05, 3.63) is 101 Å². The van der Waals surface area contributed by atoms with Crippen LogP contribution in [-0.4, -0.2) is 12.1 Å². The Morgan fingerprint density at radius 2 is 1.33 bits per heavy atom. The number of ether oxygens (including phenoxy) is 1. The molecule has 0 radical (unpaired) electrons. The number of aromatic nitrogens is 1. The van der Waals surface area contributed by atoms with Gasteiger partial charge in [-0.3, -0.25) is 4.79 Å². The first-order valence-corrected chi connectivity index (χ1v) is 8.79. The van der Waals surface area contributed by atoms with E-state index in [0.717, 1.165) is 33.7 Å². The standard InChI is InChI=1S/C24H19NO2/c1-27-20-14-8-13-19(15-20)21-16-22(17-9-4-2-5-10-17)25-24(26)23(21)18-11-6-3-7-12-18/h2-16H,1H3,(H,25,26). The molecule has 0 saturated carbocycles. The van der Waals surface area contributed by atoms with E-state index in [0.29, 0.717) is 5.56 Å². The Morgan fingerprint density at radius 1 is 0.704 bits per heavy atom. The summed E-state index contributed by atoms with van der Waals surface area (Å²) in [4.78, 5) is 16.1. The van der Waals surface area contributed by atoms with E-state index >= 15 is 0 Å². The number of hydrogen-bond donors (Lipinski definition) is 1. The second kappa shape index (κ2) is 7.34. The zero-order valence-corrected chi connectivity index (χ0v) is 15.0. The van der Waals surface area contributed by atoms with Crippen LogP contribution in [0.1, 0.15) is 0 Å². The average molecular weight is 353 g/mol. The third-order valence-corrected chi connectivity index (χ3v) is 4.56. The summed E-state index contributed by atoms with van der Waals surface area (Å²) >= 11 is 0. The van der Waals surface area contributed by atoms with E-state index in [1.807, 2.05) is 91.0 Å². The van der Waals surface area contributed by atoms with Crippen molar-refractivity contribution >= 4 is 0 Å². The fraction of sp³-hybridized carbons (Fsp3) is 0.0417. The van der Waals surface area contributed by atoms with Crippen molar-refractivity contribution in [3.63, 3.8) is 0 Å². The van der Waals surface area contributed by atoms with Crippen LogP contribution in [0.15, 0.2) is 95.8 Å². The van der Waals surface area contributed by atoms with Gasteiger partial charge < -0.3 is 9.72 Å². The van der Waals surface area contributed by atoms with Crippen molar-refractivity contribution in [2.45, 2.75) is 0 Å². The van der Waals surface area contributed by atoms with Crippen molar-refractivity contribution in [2.75, 3.05) is 7.11 Å². The molecule has 1 aromatic heterocycles. The topological polar surface area (TPSA) is 42.1 Å². The van der Waals surface area contributed by atoms with E-state index in [-0.39, 0.29) is 5.56 Å². The Morgan fingerprint density at radius 3 is 2.00 bits per heavy atom. The van der Waals surface area contributed by atoms with E-state index < -0.39 is 0 Å². The zero-order valence-electron chi connectivity index (χ0n) is 15.0. The number of nitrogens with one attached hydrogen (secondary N) is 1. The summed E-state index contributed by atoms with van der Waals surface area (Å²) in [6.07, 6.45) is 0. The Kier molecular flexibility index (Phi) is 4.58. The Balaban J connectivity index is 2.00. The van der Waals surface area contributed by atoms with Gasteiger partial charge in [-0.15, -0.1) is 0 Å². The molecular weight excluding hydrogens is 334 g/mol. The van der Waals surface area contributed by atoms with E-state index in [4.69, 9.17) is 4.74 Å². The number of rotatable bonds is 4. The van der Waals surface area contributed by atoms with Crippen LogP contribution in [0, 0.1) is 0 Å². The predicted octanol–water partition coefficient (Wildman–Crippen LogP) is 5.38. The number of hydrogen-bond acceptors (Lipinski definition) is 2. The molecule has 0 fully saturated rings. The van der Waals surface area contributed by atoms with Gasteiger partial charge in [0.05, 0.1) is 12.7 Å². The van der Waals surface area contributed by atoms with Crippen LogP contribution >= 0.6 is 0 Å². The van der Waals surface area contributed by atoms with Gasteiger partial charge in [0.2, 0.25) is 0 Å². The smallest absolute Gasteiger partial charge is 0.256 e. The number of pyridine rings is 1. The summed E-state index contributed by atoms with van der Waals surface area (Å²) in [5.74, 6) is 0.757. The zero-order chi connectivity index (χ0) is 18.6. The summed E-state index contributed by atoms with van der Waals surface area (Å²) in [5, 5.41) is 0. The maximum atomic E-state index is 13.1. The minimum atomic E-state index is -0.111. The molecule has 27 heavy (non-hydrogen) atoms. The van der Waals surface area contributed by atoms with Gasteiger partial charge in [0.25, 0.3) is 5.56 Å². The molecule has 0 aliphatic heterocycles. The molecule has 4 rings (SSSR count). The van der Waals surface area contributed by atoms with Gasteiger partial charge in [0.1, 0.15) is 5.75 Å². The van der Waals surface area contributed by atoms with Gasteiger partial charge in [-0.2, -0.15) is 0 Å². The molecule has 0 spiro atoms. The molecule has 132 valence electrons. The highest BCUT2D eigenvalue weighted by Crippen LogP contribution is 2.33. The van der Waals surface area contributed by atoms with E-state index in [1.54, 1.807) is 7.11 Å². The van der Waals surface area contributed by atoms with Crippen molar-refractivity contribution in [3.8, 4) is 39.3 Å². The molecule has 1 N–H and O–H groups in total. The maximum absolute atomic E-state index is 13.1. The molecule has 3 nitrogen and oxygen atoms in total. The summed E-state index contributed by atoms with van der Waals surface area (Å²) in [6, 6.07) is 29.4. The van der Waals surface area contributed by atoms with Gasteiger partial charge >= 0.3 is 0 Å². The van der Waals surface area contributed by atoms with Crippen molar-refractivity contribution in [1.29, 1.82) is 0 Å². The lowest BCUT2D eigenvalue weighted by Crippen LogP contribution is -2.11. The van der Waals surface area contributed by atoms with Gasteiger partial charge in [0, 0.05) is 5.69 Å². The summed E-state index contributed by atoms with van der Waals surface area (Å²) < 4.78 is 5.38. The van der Waals surface area contributed by atoms with Crippen LogP contribution in [0.4, 0.5) is 0 Å². The van der Waals surface area contributed by atoms with Crippen molar-refractivity contribution < 1.29 is 4.74 Å². The molecule has 3 heteroatoms. The van der Waals surface area contributed by atoms with Crippen LogP contribution < -0.4 is 10.3 Å². The summed E-state index contributed by atoms with van der Waals surface area (Å²) in [6.45, 7) is 0. The Labute approximate surface area is 157 Å². The Hall–Kier alpha value is -3.59. The second-order valence-corrected chi connectivity index (χ2v) is 6.26. The second-order valence-electron chi connectivity index (χ2n) is 6.26. The third kappa shape index (κ3) is 3.40. The lowest BCUT2D eigenvalue weighted by molar-refractivity contribution is 0.415. The van der Waals surface area contributed by atoms with Crippen LogP contribution in [0.3, 0.4) is 0 Å². The molecule has 0 amide bonds. The molecular formula is C24H19NO2. The molecule has 0 atom stereocenters. The summed E-state index contributed by atoms with van der Waals surface area (Å²) in [5.41, 5.74) is 5.01. The average Bonchev–Trinajstić information content (AvgIpc) is 2.74. The quantitative estimate of drug-likeness (QED) is 0.535. The van der Waals surface area contributed by atoms with E-state index in [1.165, 1.54) is 0 Å². The molecule has 0 aliphatic carbocycles. The lowest BCUT2D eigenvalue weighted by atomic mass is 9.94. The highest BCUT2D eigenvalue weighted by molar-refractivity contribution is 5.85. The van der Waals surface area contributed by atoms with Crippen LogP contribution in [0.5, 0.6) is 5.75 Å². The van der Waals surface area contributed by atoms with E-state index in [9.17, 15) is 4.79 Å². The monoisotopic (exact) mass is 353 g/mol. The number of benzene rings is 3. The Bertz CT molecular complexity index is 1120. The van der Waals surface area contributed by atoms with Crippen molar-refractivity contribution in [1.82, 2.24) is 4.98 Å². The molecule has 3 aromatic carbocycles. The van der Waals surface area contributed by atoms with Crippen LogP contribution in [0.2, 0.25) is 0 Å². The van der Waals surface area contributed by atoms with Gasteiger partial charge in [-0.1, -0.05) is 72.8 Å². The number of aromatic amines is 1. The lowest BCUT2D eigenvalue weighted by Gasteiger charge is -2.13. The van der Waals surface area contributed by atoms with Crippen molar-refractivity contribution in [2.24, 2.45) is 0 Å². The highest BCUT2D eigenvalue weighted by Gasteiger charge is 2.15. The first-order chi connectivity index (χ1) is 13.3. The van der Waals surface area contributed by atoms with Gasteiger partial charge in [-0.05, 0) is 40.5 Å². The number of H-pyrrole nitrogens is 1. The van der Waals surface area contributed by atoms with Crippen LogP contribution in [-0.2, 0) is 0 Å². The fourth-order valence-electron chi connectivity index (χ4n) is 3.24. The highest BCUT2D eigenvalue weighted by atomic mass is 16.5. The molecule has 0 bridgehead atoms. The molecule has 0 saturated heterocycles. The number of methoxy groups -OCH3 is 1. The van der Waals surface area contributed by atoms with Crippen LogP contribution in [0.25, 0.3) is 33.5 Å². The van der Waals surface area contributed by atoms with Gasteiger partial charge in [-0.25, -0.2) is 0 Å². The maximum Gasteiger partial charge on any atom is 0.256 e. The normalized spacial score (nSPS) is 10.6. The molecule has 0 unspecified atom stereocenters. The van der Waals surface area contributed by atoms with Gasteiger partial charge in [0.15, 0.2) is 0 Å². The minimum absolute atomic E-state index is 0.111. The third-order valence-electron chi connectivity index (χ3n) is 4.56. The predicted molar refractivity (Wildman–Crippen MR) is 110 cm³/mol. The van der Waals surface area contributed by atoms with E-state index in [2.05, 4.69) is 4.98 Å². The molecule has 0 aliphatic rings. The first kappa shape index (κ1) is 16.9. The molecule has 4 aromatic rings.